The van der Waals surface area contributed by atoms with Crippen LogP contribution >= 0.6 is 0 Å². The van der Waals surface area contributed by atoms with Gasteiger partial charge in [0.25, 0.3) is 0 Å². The second-order valence-electron chi connectivity index (χ2n) is 5.62. The fourth-order valence-electron chi connectivity index (χ4n) is 2.31. The monoisotopic (exact) mass is 380 g/mol. The van der Waals surface area contributed by atoms with Crippen LogP contribution in [0.1, 0.15) is 31.3 Å². The number of carbonyl (C=O) groups is 3. The van der Waals surface area contributed by atoms with Gasteiger partial charge in [0.15, 0.2) is 12.4 Å². The molecule has 1 aromatic heterocycles. The summed E-state index contributed by atoms with van der Waals surface area (Å²) < 4.78 is 20.1. The molecule has 0 radical (unpaired) electrons. The molecule has 3 rings (SSSR count). The fourth-order valence-corrected chi connectivity index (χ4v) is 2.31. The number of hydrogen-bond donors (Lipinski definition) is 0. The van der Waals surface area contributed by atoms with E-state index in [4.69, 9.17) is 18.6 Å². The lowest BCUT2D eigenvalue weighted by Gasteiger charge is -2.07. The summed E-state index contributed by atoms with van der Waals surface area (Å²) in [4.78, 5) is 36.0. The van der Waals surface area contributed by atoms with Gasteiger partial charge in [0.1, 0.15) is 11.5 Å². The zero-order valence-corrected chi connectivity index (χ0v) is 14.9. The summed E-state index contributed by atoms with van der Waals surface area (Å²) in [6, 6.07) is 15.5. The first kappa shape index (κ1) is 18.9. The second kappa shape index (κ2) is 8.68. The number of rotatable bonds is 7. The third-order valence-electron chi connectivity index (χ3n) is 3.75. The second-order valence-corrected chi connectivity index (χ2v) is 5.62. The largest absolute Gasteiger partial charge is 0.497 e. The molecule has 0 aliphatic heterocycles. The Bertz CT molecular complexity index is 972. The van der Waals surface area contributed by atoms with E-state index >= 15 is 0 Å². The predicted octanol–water partition coefficient (Wildman–Crippen LogP) is 3.55. The highest BCUT2D eigenvalue weighted by Crippen LogP contribution is 2.17. The first-order chi connectivity index (χ1) is 13.6. The van der Waals surface area contributed by atoms with Crippen molar-refractivity contribution in [3.63, 3.8) is 0 Å². The summed E-state index contributed by atoms with van der Waals surface area (Å²) in [5.74, 6) is -0.831. The Kier molecular flexibility index (Phi) is 5.86. The van der Waals surface area contributed by atoms with Gasteiger partial charge in [0.2, 0.25) is 5.76 Å². The standard InChI is InChI=1S/C21H16O7/c1-25-17-5-2-4-15(12-17)20(23)28-16-9-7-14(8-10-16)18(22)13-27-21(24)19-6-3-11-26-19/h2-12H,13H2,1H3. The molecule has 0 amide bonds. The highest BCUT2D eigenvalue weighted by atomic mass is 16.5. The van der Waals surface area contributed by atoms with Crippen LogP contribution in [0.2, 0.25) is 0 Å². The van der Waals surface area contributed by atoms with Crippen LogP contribution in [0.25, 0.3) is 0 Å². The number of hydrogen-bond acceptors (Lipinski definition) is 7. The van der Waals surface area contributed by atoms with Crippen molar-refractivity contribution in [1.29, 1.82) is 0 Å². The third-order valence-corrected chi connectivity index (χ3v) is 3.75. The zero-order valence-electron chi connectivity index (χ0n) is 14.9. The Labute approximate surface area is 160 Å². The average molecular weight is 380 g/mol. The van der Waals surface area contributed by atoms with E-state index in [9.17, 15) is 14.4 Å². The summed E-state index contributed by atoms with van der Waals surface area (Å²) in [6.45, 7) is -0.428. The minimum absolute atomic E-state index is 0.0209. The number of benzene rings is 2. The van der Waals surface area contributed by atoms with Gasteiger partial charge in [-0.2, -0.15) is 0 Å². The van der Waals surface area contributed by atoms with Crippen molar-refractivity contribution in [2.24, 2.45) is 0 Å². The van der Waals surface area contributed by atoms with Crippen molar-refractivity contribution >= 4 is 17.7 Å². The molecular formula is C21H16O7. The topological polar surface area (TPSA) is 92.0 Å². The Morgan fingerprint density at radius 2 is 1.64 bits per heavy atom. The van der Waals surface area contributed by atoms with Crippen LogP contribution < -0.4 is 9.47 Å². The lowest BCUT2D eigenvalue weighted by molar-refractivity contribution is 0.0444. The molecule has 0 aliphatic rings. The summed E-state index contributed by atoms with van der Waals surface area (Å²) in [5, 5.41) is 0. The molecule has 0 N–H and O–H groups in total. The van der Waals surface area contributed by atoms with Crippen LogP contribution in [0.4, 0.5) is 0 Å². The molecule has 0 saturated carbocycles. The number of furan rings is 1. The van der Waals surface area contributed by atoms with Crippen molar-refractivity contribution in [3.05, 3.63) is 83.8 Å². The normalized spacial score (nSPS) is 10.2. The third kappa shape index (κ3) is 4.64. The maximum Gasteiger partial charge on any atom is 0.374 e. The number of Topliss-reactive ketones (excluding diaryl/α,β-unsaturated/α-hetero) is 1. The lowest BCUT2D eigenvalue weighted by Crippen LogP contribution is -2.14. The number of esters is 2. The van der Waals surface area contributed by atoms with E-state index in [1.54, 1.807) is 30.3 Å². The van der Waals surface area contributed by atoms with Crippen LogP contribution in [0, 0.1) is 0 Å². The molecule has 0 fully saturated rings. The van der Waals surface area contributed by atoms with E-state index in [0.29, 0.717) is 16.9 Å². The predicted molar refractivity (Wildman–Crippen MR) is 97.7 cm³/mol. The first-order valence-electron chi connectivity index (χ1n) is 8.27. The maximum absolute atomic E-state index is 12.2. The van der Waals surface area contributed by atoms with E-state index in [1.807, 2.05) is 0 Å². The molecule has 0 unspecified atom stereocenters. The minimum atomic E-state index is -0.720. The van der Waals surface area contributed by atoms with Crippen molar-refractivity contribution in [2.75, 3.05) is 13.7 Å². The molecule has 3 aromatic rings. The lowest BCUT2D eigenvalue weighted by atomic mass is 10.1. The Balaban J connectivity index is 1.57. The average Bonchev–Trinajstić information content (AvgIpc) is 3.27. The Morgan fingerprint density at radius 3 is 2.32 bits per heavy atom. The van der Waals surface area contributed by atoms with Gasteiger partial charge in [-0.1, -0.05) is 6.07 Å². The van der Waals surface area contributed by atoms with Crippen molar-refractivity contribution in [2.45, 2.75) is 0 Å². The molecule has 0 aliphatic carbocycles. The van der Waals surface area contributed by atoms with E-state index < -0.39 is 24.3 Å². The van der Waals surface area contributed by atoms with Crippen molar-refractivity contribution < 1.29 is 33.0 Å². The highest BCUT2D eigenvalue weighted by Gasteiger charge is 2.14. The summed E-state index contributed by atoms with van der Waals surface area (Å²) in [7, 11) is 1.51. The van der Waals surface area contributed by atoms with Gasteiger partial charge in [-0.25, -0.2) is 9.59 Å². The molecule has 0 saturated heterocycles. The number of ether oxygens (including phenoxy) is 3. The minimum Gasteiger partial charge on any atom is -0.497 e. The van der Waals surface area contributed by atoms with Crippen LogP contribution in [0.5, 0.6) is 11.5 Å². The zero-order chi connectivity index (χ0) is 19.9. The molecule has 7 heteroatoms. The number of methoxy groups -OCH3 is 1. The summed E-state index contributed by atoms with van der Waals surface area (Å²) >= 11 is 0. The van der Waals surface area contributed by atoms with Gasteiger partial charge in [-0.05, 0) is 54.6 Å². The van der Waals surface area contributed by atoms with Crippen LogP contribution in [0.15, 0.2) is 71.3 Å². The molecule has 0 atom stereocenters. The van der Waals surface area contributed by atoms with Crippen molar-refractivity contribution in [3.8, 4) is 11.5 Å². The number of carbonyl (C=O) groups excluding carboxylic acids is 3. The van der Waals surface area contributed by atoms with Gasteiger partial charge >= 0.3 is 11.9 Å². The van der Waals surface area contributed by atoms with Gasteiger partial charge in [-0.15, -0.1) is 0 Å². The summed E-state index contributed by atoms with van der Waals surface area (Å²) in [5.41, 5.74) is 0.651. The van der Waals surface area contributed by atoms with Gasteiger partial charge in [-0.3, -0.25) is 4.79 Å². The molecule has 142 valence electrons. The van der Waals surface area contributed by atoms with Crippen LogP contribution in [-0.2, 0) is 4.74 Å². The molecule has 2 aromatic carbocycles. The Morgan fingerprint density at radius 1 is 0.857 bits per heavy atom. The van der Waals surface area contributed by atoms with Gasteiger partial charge in [0, 0.05) is 5.56 Å². The van der Waals surface area contributed by atoms with E-state index in [0.717, 1.165) is 0 Å². The van der Waals surface area contributed by atoms with E-state index in [2.05, 4.69) is 0 Å². The molecular weight excluding hydrogens is 364 g/mol. The van der Waals surface area contributed by atoms with Gasteiger partial charge in [0.05, 0.1) is 18.9 Å². The SMILES string of the molecule is COc1cccc(C(=O)Oc2ccc(C(=O)COC(=O)c3ccco3)cc2)c1. The molecule has 1 heterocycles. The van der Waals surface area contributed by atoms with Crippen LogP contribution in [-0.4, -0.2) is 31.4 Å². The number of ketones is 1. The van der Waals surface area contributed by atoms with Crippen LogP contribution in [0.3, 0.4) is 0 Å². The van der Waals surface area contributed by atoms with Crippen molar-refractivity contribution in [1.82, 2.24) is 0 Å². The molecule has 0 spiro atoms. The smallest absolute Gasteiger partial charge is 0.374 e. The summed E-state index contributed by atoms with van der Waals surface area (Å²) in [6.07, 6.45) is 1.34. The molecule has 28 heavy (non-hydrogen) atoms. The fraction of sp³-hybridized carbons (Fsp3) is 0.0952. The maximum atomic E-state index is 12.2. The van der Waals surface area contributed by atoms with E-state index in [1.165, 1.54) is 43.7 Å². The highest BCUT2D eigenvalue weighted by molar-refractivity contribution is 5.99. The first-order valence-corrected chi connectivity index (χ1v) is 8.27. The molecule has 0 bridgehead atoms. The quantitative estimate of drug-likeness (QED) is 0.352. The van der Waals surface area contributed by atoms with Gasteiger partial charge < -0.3 is 18.6 Å². The Hall–Kier alpha value is -3.87. The molecule has 7 nitrogen and oxygen atoms in total. The van der Waals surface area contributed by atoms with E-state index in [-0.39, 0.29) is 11.5 Å².